The van der Waals surface area contributed by atoms with Gasteiger partial charge in [-0.2, -0.15) is 0 Å². The van der Waals surface area contributed by atoms with E-state index in [-0.39, 0.29) is 35.0 Å². The summed E-state index contributed by atoms with van der Waals surface area (Å²) in [4.78, 5) is 25.1. The fourth-order valence-electron chi connectivity index (χ4n) is 1.95. The number of aliphatic hydroxyl groups is 1. The maximum Gasteiger partial charge on any atom is 0.316 e. The van der Waals surface area contributed by atoms with Crippen molar-refractivity contribution in [3.63, 3.8) is 0 Å². The molecule has 0 amide bonds. The van der Waals surface area contributed by atoms with Gasteiger partial charge in [-0.1, -0.05) is 26.8 Å². The number of hydrogen-bond donors (Lipinski definition) is 3. The predicted molar refractivity (Wildman–Crippen MR) is 91.0 cm³/mol. The highest BCUT2D eigenvalue weighted by atomic mass is 16.5. The first kappa shape index (κ1) is 20.1. The number of esters is 1. The first-order valence-corrected chi connectivity index (χ1v) is 7.81. The smallest absolute Gasteiger partial charge is 0.316 e. The second-order valence-electron chi connectivity index (χ2n) is 7.85. The monoisotopic (exact) mass is 337 g/mol. The zero-order valence-electron chi connectivity index (χ0n) is 15.1. The molecule has 0 spiro atoms. The third-order valence-corrected chi connectivity index (χ3v) is 3.47. The van der Waals surface area contributed by atoms with Gasteiger partial charge in [0.05, 0.1) is 17.1 Å². The number of carbonyl (C=O) groups is 2. The molecule has 0 aliphatic carbocycles. The highest BCUT2D eigenvalue weighted by Gasteiger charge is 2.34. The van der Waals surface area contributed by atoms with E-state index in [0.29, 0.717) is 0 Å². The van der Waals surface area contributed by atoms with Crippen molar-refractivity contribution >= 4 is 11.8 Å². The molecule has 4 N–H and O–H groups in total. The van der Waals surface area contributed by atoms with Gasteiger partial charge in [0, 0.05) is 12.0 Å². The molecular weight excluding hydrogens is 310 g/mol. The van der Waals surface area contributed by atoms with Gasteiger partial charge >= 0.3 is 5.97 Å². The fourth-order valence-corrected chi connectivity index (χ4v) is 1.95. The Balaban J connectivity index is 3.61. The second kappa shape index (κ2) is 6.91. The summed E-state index contributed by atoms with van der Waals surface area (Å²) in [7, 11) is 0. The van der Waals surface area contributed by atoms with Crippen LogP contribution < -0.4 is 10.5 Å². The average Bonchev–Trinajstić information content (AvgIpc) is 2.45. The maximum absolute atomic E-state index is 12.9. The molecule has 1 rings (SSSR count). The molecule has 1 aromatic rings. The quantitative estimate of drug-likeness (QED) is 0.442. The van der Waals surface area contributed by atoms with Crippen molar-refractivity contribution in [1.82, 2.24) is 0 Å². The molecule has 0 fully saturated rings. The number of benzene rings is 1. The molecule has 24 heavy (non-hydrogen) atoms. The summed E-state index contributed by atoms with van der Waals surface area (Å²) < 4.78 is 5.33. The summed E-state index contributed by atoms with van der Waals surface area (Å²) in [5.74, 6) is -1.54. The lowest BCUT2D eigenvalue weighted by Crippen LogP contribution is -2.29. The molecule has 6 nitrogen and oxygen atoms in total. The van der Waals surface area contributed by atoms with Crippen LogP contribution in [0.1, 0.15) is 63.6 Å². The van der Waals surface area contributed by atoms with E-state index in [4.69, 9.17) is 10.5 Å². The number of phenolic OH excluding ortho intramolecular Hbond substituents is 1. The van der Waals surface area contributed by atoms with Gasteiger partial charge in [-0.3, -0.25) is 9.59 Å². The lowest BCUT2D eigenvalue weighted by molar-refractivity contribution is -0.143. The van der Waals surface area contributed by atoms with Gasteiger partial charge in [-0.25, -0.2) is 0 Å². The Kier molecular flexibility index (Phi) is 5.79. The predicted octanol–water partition coefficient (Wildman–Crippen LogP) is 2.56. The van der Waals surface area contributed by atoms with Crippen molar-refractivity contribution in [2.24, 2.45) is 16.6 Å². The molecule has 1 aromatic carbocycles. The van der Waals surface area contributed by atoms with Gasteiger partial charge in [0.2, 0.25) is 0 Å². The van der Waals surface area contributed by atoms with Gasteiger partial charge in [0.15, 0.2) is 17.3 Å². The number of carbonyl (C=O) groups excluding carboxylic acids is 2. The normalized spacial score (nSPS) is 13.5. The number of ketones is 1. The fraction of sp³-hybridized carbons (Fsp3) is 0.556. The van der Waals surface area contributed by atoms with Crippen LogP contribution in [0.2, 0.25) is 0 Å². The van der Waals surface area contributed by atoms with Crippen molar-refractivity contribution in [3.8, 4) is 11.5 Å². The molecule has 0 heterocycles. The van der Waals surface area contributed by atoms with Crippen LogP contribution in [0.15, 0.2) is 12.1 Å². The van der Waals surface area contributed by atoms with Crippen LogP contribution in [0.3, 0.4) is 0 Å². The van der Waals surface area contributed by atoms with Crippen molar-refractivity contribution in [2.45, 2.75) is 47.6 Å². The summed E-state index contributed by atoms with van der Waals surface area (Å²) >= 11 is 0. The van der Waals surface area contributed by atoms with Crippen molar-refractivity contribution in [2.75, 3.05) is 6.54 Å². The standard InChI is InChI=1S/C18H27NO5/c1-17(2,3)15(22)13-10(12(21)9-19)7-8-11(20)14(13)24-16(23)18(4,5)6/h7-8,12,20-21H,9,19H2,1-6H3. The topological polar surface area (TPSA) is 110 Å². The highest BCUT2D eigenvalue weighted by molar-refractivity contribution is 6.05. The lowest BCUT2D eigenvalue weighted by Gasteiger charge is -2.25. The Hall–Kier alpha value is -1.92. The Morgan fingerprint density at radius 1 is 1.12 bits per heavy atom. The second-order valence-corrected chi connectivity index (χ2v) is 7.85. The van der Waals surface area contributed by atoms with E-state index in [2.05, 4.69) is 0 Å². The van der Waals surface area contributed by atoms with Crippen LogP contribution in [0.25, 0.3) is 0 Å². The Bertz CT molecular complexity index is 638. The van der Waals surface area contributed by atoms with E-state index in [9.17, 15) is 19.8 Å². The number of Topliss-reactive ketones (excluding diaryl/α,β-unsaturated/α-hetero) is 1. The molecule has 0 saturated carbocycles. The third-order valence-electron chi connectivity index (χ3n) is 3.47. The van der Waals surface area contributed by atoms with Crippen LogP contribution >= 0.6 is 0 Å². The molecular formula is C18H27NO5. The number of aromatic hydroxyl groups is 1. The maximum atomic E-state index is 12.9. The van der Waals surface area contributed by atoms with Crippen LogP contribution in [0.4, 0.5) is 0 Å². The molecule has 0 aromatic heterocycles. The molecule has 0 radical (unpaired) electrons. The van der Waals surface area contributed by atoms with E-state index < -0.39 is 22.9 Å². The number of nitrogens with two attached hydrogens (primary N) is 1. The van der Waals surface area contributed by atoms with Crippen LogP contribution in [0.5, 0.6) is 11.5 Å². The molecule has 1 unspecified atom stereocenters. The van der Waals surface area contributed by atoms with Gasteiger partial charge < -0.3 is 20.7 Å². The summed E-state index contributed by atoms with van der Waals surface area (Å²) in [6.07, 6.45) is -1.11. The summed E-state index contributed by atoms with van der Waals surface area (Å²) in [6.45, 7) is 9.98. The van der Waals surface area contributed by atoms with Gasteiger partial charge in [0.1, 0.15) is 0 Å². The summed E-state index contributed by atoms with van der Waals surface area (Å²) in [5.41, 5.74) is 4.09. The van der Waals surface area contributed by atoms with Gasteiger partial charge in [-0.15, -0.1) is 0 Å². The number of phenols is 1. The minimum atomic E-state index is -1.11. The van der Waals surface area contributed by atoms with E-state index in [0.717, 1.165) is 0 Å². The molecule has 0 aliphatic rings. The number of hydrogen-bond acceptors (Lipinski definition) is 6. The van der Waals surface area contributed by atoms with Crippen LogP contribution in [0, 0.1) is 10.8 Å². The number of aliphatic hydroxyl groups excluding tert-OH is 1. The largest absolute Gasteiger partial charge is 0.504 e. The van der Waals surface area contributed by atoms with E-state index >= 15 is 0 Å². The summed E-state index contributed by atoms with van der Waals surface area (Å²) in [6, 6.07) is 2.69. The molecule has 0 bridgehead atoms. The third kappa shape index (κ3) is 4.33. The zero-order chi connectivity index (χ0) is 18.9. The average molecular weight is 337 g/mol. The SMILES string of the molecule is CC(C)(C)C(=O)Oc1c(O)ccc(C(O)CN)c1C(=O)C(C)(C)C. The van der Waals surface area contributed by atoms with Crippen molar-refractivity contribution in [3.05, 3.63) is 23.3 Å². The Morgan fingerprint density at radius 3 is 2.08 bits per heavy atom. The molecule has 6 heteroatoms. The molecule has 134 valence electrons. The van der Waals surface area contributed by atoms with Gasteiger partial charge in [-0.05, 0) is 32.4 Å². The summed E-state index contributed by atoms with van der Waals surface area (Å²) in [5, 5.41) is 20.3. The Morgan fingerprint density at radius 2 is 1.67 bits per heavy atom. The molecule has 0 aliphatic heterocycles. The molecule has 1 atom stereocenters. The first-order chi connectivity index (χ1) is 10.8. The first-order valence-electron chi connectivity index (χ1n) is 7.81. The van der Waals surface area contributed by atoms with E-state index in [1.807, 2.05) is 0 Å². The number of ether oxygens (including phenoxy) is 1. The van der Waals surface area contributed by atoms with Crippen molar-refractivity contribution in [1.29, 1.82) is 0 Å². The van der Waals surface area contributed by atoms with Crippen LogP contribution in [-0.2, 0) is 4.79 Å². The Labute approximate surface area is 142 Å². The van der Waals surface area contributed by atoms with E-state index in [1.165, 1.54) is 12.1 Å². The van der Waals surface area contributed by atoms with Crippen molar-refractivity contribution < 1.29 is 24.5 Å². The lowest BCUT2D eigenvalue weighted by atomic mass is 9.83. The minimum absolute atomic E-state index is 0.0157. The molecule has 0 saturated heterocycles. The van der Waals surface area contributed by atoms with Crippen LogP contribution in [-0.4, -0.2) is 28.5 Å². The number of rotatable bonds is 4. The van der Waals surface area contributed by atoms with E-state index in [1.54, 1.807) is 41.5 Å². The minimum Gasteiger partial charge on any atom is -0.504 e. The highest BCUT2D eigenvalue weighted by Crippen LogP contribution is 2.39. The van der Waals surface area contributed by atoms with Gasteiger partial charge in [0.25, 0.3) is 0 Å². The zero-order valence-corrected chi connectivity index (χ0v) is 15.1.